The van der Waals surface area contributed by atoms with Gasteiger partial charge in [-0.05, 0) is 19.4 Å². The molecule has 1 aromatic heterocycles. The number of nitro groups is 1. The van der Waals surface area contributed by atoms with E-state index >= 15 is 0 Å². The zero-order valence-corrected chi connectivity index (χ0v) is 12.8. The molecule has 2 rings (SSSR count). The summed E-state index contributed by atoms with van der Waals surface area (Å²) in [6, 6.07) is 4.62. The van der Waals surface area contributed by atoms with Crippen LogP contribution in [0.5, 0.6) is 0 Å². The highest BCUT2D eigenvalue weighted by Crippen LogP contribution is 2.23. The average molecular weight is 302 g/mol. The monoisotopic (exact) mass is 302 g/mol. The molecule has 22 heavy (non-hydrogen) atoms. The smallest absolute Gasteiger partial charge is 0.273 e. The lowest BCUT2D eigenvalue weighted by atomic mass is 10.1. The SMILES string of the molecule is CCc1ccc(C(=O)N(CC)c2cnn(C)c2)cc1[N+](=O)[O-]. The second-order valence-electron chi connectivity index (χ2n) is 4.88. The molecule has 2 aromatic rings. The Hall–Kier alpha value is -2.70. The summed E-state index contributed by atoms with van der Waals surface area (Å²) in [5.74, 6) is -0.277. The van der Waals surface area contributed by atoms with Crippen LogP contribution in [0, 0.1) is 10.1 Å². The number of aryl methyl sites for hydroxylation is 2. The van der Waals surface area contributed by atoms with Crippen molar-refractivity contribution in [2.75, 3.05) is 11.4 Å². The molecule has 0 N–H and O–H groups in total. The van der Waals surface area contributed by atoms with E-state index in [0.29, 0.717) is 29.8 Å². The number of hydrogen-bond acceptors (Lipinski definition) is 4. The van der Waals surface area contributed by atoms with Gasteiger partial charge in [-0.1, -0.05) is 13.0 Å². The van der Waals surface area contributed by atoms with E-state index in [1.165, 1.54) is 11.0 Å². The molecule has 0 saturated heterocycles. The molecule has 0 unspecified atom stereocenters. The highest BCUT2D eigenvalue weighted by molar-refractivity contribution is 6.06. The second kappa shape index (κ2) is 6.38. The molecule has 0 saturated carbocycles. The van der Waals surface area contributed by atoms with Crippen molar-refractivity contribution in [3.63, 3.8) is 0 Å². The molecule has 0 aliphatic carbocycles. The summed E-state index contributed by atoms with van der Waals surface area (Å²) in [4.78, 5) is 24.9. The van der Waals surface area contributed by atoms with Gasteiger partial charge in [-0.3, -0.25) is 19.6 Å². The summed E-state index contributed by atoms with van der Waals surface area (Å²) >= 11 is 0. The largest absolute Gasteiger partial charge is 0.306 e. The van der Waals surface area contributed by atoms with Crippen LogP contribution in [-0.2, 0) is 13.5 Å². The van der Waals surface area contributed by atoms with Crippen molar-refractivity contribution in [2.24, 2.45) is 7.05 Å². The highest BCUT2D eigenvalue weighted by Gasteiger charge is 2.21. The number of benzene rings is 1. The fourth-order valence-corrected chi connectivity index (χ4v) is 2.31. The normalized spacial score (nSPS) is 10.5. The first-order valence-electron chi connectivity index (χ1n) is 7.05. The van der Waals surface area contributed by atoms with Gasteiger partial charge in [0.15, 0.2) is 0 Å². The fraction of sp³-hybridized carbons (Fsp3) is 0.333. The van der Waals surface area contributed by atoms with Crippen LogP contribution in [0.3, 0.4) is 0 Å². The van der Waals surface area contributed by atoms with Crippen molar-refractivity contribution < 1.29 is 9.72 Å². The van der Waals surface area contributed by atoms with Crippen LogP contribution in [0.1, 0.15) is 29.8 Å². The van der Waals surface area contributed by atoms with E-state index in [4.69, 9.17) is 0 Å². The van der Waals surface area contributed by atoms with E-state index in [2.05, 4.69) is 5.10 Å². The predicted octanol–water partition coefficient (Wildman–Crippen LogP) is 2.56. The first-order valence-corrected chi connectivity index (χ1v) is 7.05. The van der Waals surface area contributed by atoms with E-state index < -0.39 is 4.92 Å². The minimum Gasteiger partial charge on any atom is -0.306 e. The van der Waals surface area contributed by atoms with Gasteiger partial charge < -0.3 is 4.90 Å². The molecule has 1 amide bonds. The fourth-order valence-electron chi connectivity index (χ4n) is 2.31. The van der Waals surface area contributed by atoms with Crippen molar-refractivity contribution in [1.29, 1.82) is 0 Å². The lowest BCUT2D eigenvalue weighted by Gasteiger charge is -2.19. The van der Waals surface area contributed by atoms with Crippen LogP contribution in [-0.4, -0.2) is 27.2 Å². The third-order valence-electron chi connectivity index (χ3n) is 3.47. The van der Waals surface area contributed by atoms with Gasteiger partial charge in [0, 0.05) is 37.0 Å². The minimum absolute atomic E-state index is 0.0180. The number of carbonyl (C=O) groups is 1. The molecular weight excluding hydrogens is 284 g/mol. The number of rotatable bonds is 5. The highest BCUT2D eigenvalue weighted by atomic mass is 16.6. The molecule has 7 heteroatoms. The lowest BCUT2D eigenvalue weighted by Crippen LogP contribution is -2.30. The molecule has 7 nitrogen and oxygen atoms in total. The van der Waals surface area contributed by atoms with Gasteiger partial charge in [-0.2, -0.15) is 5.10 Å². The molecule has 1 heterocycles. The van der Waals surface area contributed by atoms with Crippen LogP contribution in [0.4, 0.5) is 11.4 Å². The van der Waals surface area contributed by atoms with E-state index in [-0.39, 0.29) is 11.6 Å². The molecule has 1 aromatic carbocycles. The van der Waals surface area contributed by atoms with Gasteiger partial charge in [-0.15, -0.1) is 0 Å². The van der Waals surface area contributed by atoms with E-state index in [0.717, 1.165) is 0 Å². The van der Waals surface area contributed by atoms with Gasteiger partial charge in [0.25, 0.3) is 11.6 Å². The van der Waals surface area contributed by atoms with Gasteiger partial charge >= 0.3 is 0 Å². The third-order valence-corrected chi connectivity index (χ3v) is 3.47. The standard InChI is InChI=1S/C15H18N4O3/c1-4-11-6-7-12(8-14(11)19(21)22)15(20)18(5-2)13-9-16-17(3)10-13/h6-10H,4-5H2,1-3H3. The number of nitro benzene ring substituents is 1. The summed E-state index contributed by atoms with van der Waals surface area (Å²) in [6.07, 6.45) is 3.87. The number of anilines is 1. The van der Waals surface area contributed by atoms with Crippen molar-refractivity contribution in [1.82, 2.24) is 9.78 Å². The Morgan fingerprint density at radius 2 is 2.14 bits per heavy atom. The molecule has 116 valence electrons. The first-order chi connectivity index (χ1) is 10.5. The van der Waals surface area contributed by atoms with Crippen molar-refractivity contribution in [3.8, 4) is 0 Å². The van der Waals surface area contributed by atoms with E-state index in [9.17, 15) is 14.9 Å². The maximum Gasteiger partial charge on any atom is 0.273 e. The number of carbonyl (C=O) groups excluding carboxylic acids is 1. The Bertz CT molecular complexity index is 709. The molecule has 0 aliphatic rings. The van der Waals surface area contributed by atoms with Gasteiger partial charge in [0.1, 0.15) is 0 Å². The molecular formula is C15H18N4O3. The quantitative estimate of drug-likeness (QED) is 0.628. The summed E-state index contributed by atoms with van der Waals surface area (Å²) in [6.45, 7) is 4.14. The molecule has 0 fully saturated rings. The molecule has 0 spiro atoms. The number of nitrogens with zero attached hydrogens (tertiary/aromatic N) is 4. The summed E-state index contributed by atoms with van der Waals surface area (Å²) < 4.78 is 1.61. The van der Waals surface area contributed by atoms with Crippen LogP contribution in [0.2, 0.25) is 0 Å². The molecule has 0 bridgehead atoms. The summed E-state index contributed by atoms with van der Waals surface area (Å²) in [7, 11) is 1.77. The van der Waals surface area contributed by atoms with E-state index in [1.54, 1.807) is 36.3 Å². The Balaban J connectivity index is 2.39. The Labute approximate surface area is 128 Å². The van der Waals surface area contributed by atoms with Gasteiger partial charge in [0.05, 0.1) is 16.8 Å². The number of hydrogen-bond donors (Lipinski definition) is 0. The third kappa shape index (κ3) is 2.98. The second-order valence-corrected chi connectivity index (χ2v) is 4.88. The number of amides is 1. The van der Waals surface area contributed by atoms with Crippen LogP contribution in [0.15, 0.2) is 30.6 Å². The molecule has 0 atom stereocenters. The maximum atomic E-state index is 12.6. The van der Waals surface area contributed by atoms with Crippen molar-refractivity contribution in [2.45, 2.75) is 20.3 Å². The van der Waals surface area contributed by atoms with Crippen LogP contribution >= 0.6 is 0 Å². The Kier molecular flexibility index (Phi) is 4.55. The van der Waals surface area contributed by atoms with Gasteiger partial charge in [-0.25, -0.2) is 0 Å². The number of aromatic nitrogens is 2. The van der Waals surface area contributed by atoms with Crippen molar-refractivity contribution in [3.05, 3.63) is 51.8 Å². The topological polar surface area (TPSA) is 81.3 Å². The Morgan fingerprint density at radius 1 is 1.41 bits per heavy atom. The van der Waals surface area contributed by atoms with Crippen molar-refractivity contribution >= 4 is 17.3 Å². The van der Waals surface area contributed by atoms with Crippen LogP contribution < -0.4 is 4.90 Å². The molecule has 0 radical (unpaired) electrons. The zero-order chi connectivity index (χ0) is 16.3. The van der Waals surface area contributed by atoms with Gasteiger partial charge in [0.2, 0.25) is 0 Å². The molecule has 0 aliphatic heterocycles. The summed E-state index contributed by atoms with van der Waals surface area (Å²) in [5.41, 5.74) is 1.56. The zero-order valence-electron chi connectivity index (χ0n) is 12.8. The van der Waals surface area contributed by atoms with Crippen LogP contribution in [0.25, 0.3) is 0 Å². The first kappa shape index (κ1) is 15.7. The average Bonchev–Trinajstić information content (AvgIpc) is 2.93. The lowest BCUT2D eigenvalue weighted by molar-refractivity contribution is -0.385. The predicted molar refractivity (Wildman–Crippen MR) is 83.0 cm³/mol. The minimum atomic E-state index is -0.448. The maximum absolute atomic E-state index is 12.6. The Morgan fingerprint density at radius 3 is 2.64 bits per heavy atom. The van der Waals surface area contributed by atoms with E-state index in [1.807, 2.05) is 13.8 Å². The summed E-state index contributed by atoms with van der Waals surface area (Å²) in [5, 5.41) is 15.2.